The summed E-state index contributed by atoms with van der Waals surface area (Å²) >= 11 is 5.90. The van der Waals surface area contributed by atoms with Gasteiger partial charge in [-0.3, -0.25) is 9.59 Å². The molecule has 0 aliphatic rings. The number of allylic oxidation sites excluding steroid dienone is 12. The number of halogens is 1. The molecule has 1 aromatic carbocycles. The molecule has 0 spiro atoms. The first-order chi connectivity index (χ1) is 21.2. The second-order valence-electron chi connectivity index (χ2n) is 10.4. The van der Waals surface area contributed by atoms with E-state index in [0.717, 1.165) is 38.5 Å². The Balaban J connectivity index is 2.30. The van der Waals surface area contributed by atoms with Crippen molar-refractivity contribution < 1.29 is 23.9 Å². The highest BCUT2D eigenvalue weighted by atomic mass is 35.5. The van der Waals surface area contributed by atoms with E-state index >= 15 is 0 Å². The fourth-order valence-corrected chi connectivity index (χ4v) is 3.83. The van der Waals surface area contributed by atoms with Crippen molar-refractivity contribution in [2.75, 3.05) is 13.7 Å². The van der Waals surface area contributed by atoms with Crippen LogP contribution >= 0.6 is 11.6 Å². The molecule has 0 aromatic heterocycles. The van der Waals surface area contributed by atoms with Crippen LogP contribution in [0.5, 0.6) is 5.75 Å². The predicted molar refractivity (Wildman–Crippen MR) is 181 cm³/mol. The van der Waals surface area contributed by atoms with Crippen LogP contribution in [0.25, 0.3) is 0 Å². The van der Waals surface area contributed by atoms with E-state index in [2.05, 4.69) is 78.3 Å². The third kappa shape index (κ3) is 18.6. The lowest BCUT2D eigenvalue weighted by Crippen LogP contribution is -2.53. The van der Waals surface area contributed by atoms with Gasteiger partial charge in [-0.1, -0.05) is 91.4 Å². The quantitative estimate of drug-likeness (QED) is 0.108. The molecule has 0 fully saturated rings. The van der Waals surface area contributed by atoms with E-state index in [-0.39, 0.29) is 18.9 Å². The van der Waals surface area contributed by atoms with Gasteiger partial charge in [-0.05, 0) is 83.1 Å². The Hall–Kier alpha value is -3.84. The largest absolute Gasteiger partial charge is 0.478 e. The highest BCUT2D eigenvalue weighted by molar-refractivity contribution is 6.30. The van der Waals surface area contributed by atoms with Crippen LogP contribution in [0.1, 0.15) is 72.1 Å². The van der Waals surface area contributed by atoms with Gasteiger partial charge in [0.1, 0.15) is 11.8 Å². The van der Waals surface area contributed by atoms with Gasteiger partial charge in [0.25, 0.3) is 5.91 Å². The number of carbonyl (C=O) groups is 3. The Morgan fingerprint density at radius 2 is 1.27 bits per heavy atom. The zero-order valence-corrected chi connectivity index (χ0v) is 27.4. The maximum Gasteiger partial charge on any atom is 0.330 e. The third-order valence-electron chi connectivity index (χ3n) is 6.16. The Morgan fingerprint density at radius 1 is 0.795 bits per heavy atom. The van der Waals surface area contributed by atoms with Gasteiger partial charge in [0.15, 0.2) is 5.60 Å². The van der Waals surface area contributed by atoms with Crippen molar-refractivity contribution in [3.05, 3.63) is 102 Å². The van der Waals surface area contributed by atoms with Crippen LogP contribution in [0.2, 0.25) is 5.02 Å². The Bertz CT molecular complexity index is 1160. The molecule has 240 valence electrons. The van der Waals surface area contributed by atoms with E-state index in [9.17, 15) is 14.4 Å². The Morgan fingerprint density at radius 3 is 1.75 bits per heavy atom. The number of ether oxygens (including phenoxy) is 2. The van der Waals surface area contributed by atoms with Crippen molar-refractivity contribution in [2.45, 2.75) is 83.8 Å². The van der Waals surface area contributed by atoms with E-state index in [1.807, 2.05) is 12.2 Å². The van der Waals surface area contributed by atoms with Gasteiger partial charge in [-0.15, -0.1) is 0 Å². The van der Waals surface area contributed by atoms with Crippen molar-refractivity contribution in [1.29, 1.82) is 0 Å². The Labute approximate surface area is 268 Å². The third-order valence-corrected chi connectivity index (χ3v) is 6.41. The minimum Gasteiger partial charge on any atom is -0.478 e. The molecule has 44 heavy (non-hydrogen) atoms. The normalized spacial score (nSPS) is 13.1. The summed E-state index contributed by atoms with van der Waals surface area (Å²) < 4.78 is 10.6. The number of rotatable bonds is 21. The minimum absolute atomic E-state index is 0.134. The molecule has 0 radical (unpaired) electrons. The summed E-state index contributed by atoms with van der Waals surface area (Å²) in [6, 6.07) is 5.62. The van der Waals surface area contributed by atoms with Crippen molar-refractivity contribution in [2.24, 2.45) is 0 Å². The van der Waals surface area contributed by atoms with Crippen LogP contribution in [0.3, 0.4) is 0 Å². The first-order valence-electron chi connectivity index (χ1n) is 15.2. The maximum atomic E-state index is 12.7. The van der Waals surface area contributed by atoms with Crippen molar-refractivity contribution in [3.63, 3.8) is 0 Å². The standard InChI is InChI=1S/C36H49ClN2O5/c1-5-6-7-8-9-10-11-12-13-14-15-16-17-18-19-20-21-22-23-24-33(40)39-32(34(41)43-4)29-38-35(42)36(2,3)44-31-27-25-30(37)26-28-31/h6-7,9-10,12-13,15-16,18-19,21-22,25-28,32H,5,8,11,14,17,20,23-24,29H2,1-4H3,(H,38,42)(H,39,40). The van der Waals surface area contributed by atoms with E-state index in [1.165, 1.54) is 7.11 Å². The van der Waals surface area contributed by atoms with Crippen LogP contribution in [0, 0.1) is 0 Å². The molecule has 2 amide bonds. The average Bonchev–Trinajstić information content (AvgIpc) is 3.00. The van der Waals surface area contributed by atoms with Gasteiger partial charge >= 0.3 is 5.97 Å². The van der Waals surface area contributed by atoms with E-state index in [1.54, 1.807) is 38.1 Å². The molecule has 0 saturated carbocycles. The van der Waals surface area contributed by atoms with Gasteiger partial charge in [-0.25, -0.2) is 4.79 Å². The molecule has 0 bridgehead atoms. The van der Waals surface area contributed by atoms with Crippen molar-refractivity contribution in [3.8, 4) is 5.75 Å². The highest BCUT2D eigenvalue weighted by Crippen LogP contribution is 2.21. The highest BCUT2D eigenvalue weighted by Gasteiger charge is 2.31. The molecular weight excluding hydrogens is 576 g/mol. The fraction of sp³-hybridized carbons (Fsp3) is 0.417. The molecule has 1 aromatic rings. The summed E-state index contributed by atoms with van der Waals surface area (Å²) in [5.74, 6) is -0.940. The Kier molecular flexibility index (Phi) is 20.5. The van der Waals surface area contributed by atoms with E-state index in [0.29, 0.717) is 17.2 Å². The molecule has 1 unspecified atom stereocenters. The number of amides is 2. The second kappa shape index (κ2) is 23.6. The van der Waals surface area contributed by atoms with Gasteiger partial charge in [-0.2, -0.15) is 0 Å². The average molecular weight is 625 g/mol. The lowest BCUT2D eigenvalue weighted by Gasteiger charge is -2.26. The monoisotopic (exact) mass is 624 g/mol. The molecule has 0 aliphatic carbocycles. The maximum absolute atomic E-state index is 12.7. The number of nitrogens with one attached hydrogen (secondary N) is 2. The zero-order chi connectivity index (χ0) is 32.5. The summed E-state index contributed by atoms with van der Waals surface area (Å²) in [6.45, 7) is 5.22. The van der Waals surface area contributed by atoms with Crippen LogP contribution in [0.4, 0.5) is 0 Å². The number of benzene rings is 1. The van der Waals surface area contributed by atoms with Crippen LogP contribution in [0.15, 0.2) is 97.2 Å². The van der Waals surface area contributed by atoms with Gasteiger partial charge in [0.05, 0.1) is 7.11 Å². The zero-order valence-electron chi connectivity index (χ0n) is 26.6. The molecule has 0 aliphatic heterocycles. The van der Waals surface area contributed by atoms with E-state index in [4.69, 9.17) is 21.1 Å². The molecule has 1 rings (SSSR count). The van der Waals surface area contributed by atoms with Crippen LogP contribution in [-0.2, 0) is 19.1 Å². The predicted octanol–water partition coefficient (Wildman–Crippen LogP) is 7.75. The number of hydrogen-bond acceptors (Lipinski definition) is 5. The number of hydrogen-bond donors (Lipinski definition) is 2. The lowest BCUT2D eigenvalue weighted by molar-refractivity contribution is -0.145. The molecule has 1 atom stereocenters. The molecular formula is C36H49ClN2O5. The number of esters is 1. The lowest BCUT2D eigenvalue weighted by atomic mass is 10.1. The topological polar surface area (TPSA) is 93.7 Å². The molecule has 8 heteroatoms. The number of methoxy groups -OCH3 is 1. The van der Waals surface area contributed by atoms with Gasteiger partial charge in [0.2, 0.25) is 5.91 Å². The molecule has 7 nitrogen and oxygen atoms in total. The molecule has 2 N–H and O–H groups in total. The van der Waals surface area contributed by atoms with Crippen molar-refractivity contribution in [1.82, 2.24) is 10.6 Å². The fourth-order valence-electron chi connectivity index (χ4n) is 3.71. The second-order valence-corrected chi connectivity index (χ2v) is 10.8. The first kappa shape index (κ1) is 38.2. The first-order valence-corrected chi connectivity index (χ1v) is 15.6. The van der Waals surface area contributed by atoms with Crippen LogP contribution in [-0.4, -0.2) is 43.1 Å². The summed E-state index contributed by atoms with van der Waals surface area (Å²) in [4.78, 5) is 37.4. The summed E-state index contributed by atoms with van der Waals surface area (Å²) in [6.07, 6.45) is 31.9. The smallest absolute Gasteiger partial charge is 0.330 e. The van der Waals surface area contributed by atoms with Gasteiger partial charge < -0.3 is 20.1 Å². The minimum atomic E-state index is -1.23. The molecule has 0 saturated heterocycles. The molecule has 0 heterocycles. The summed E-state index contributed by atoms with van der Waals surface area (Å²) in [5.41, 5.74) is -1.23. The van der Waals surface area contributed by atoms with Gasteiger partial charge in [0, 0.05) is 18.0 Å². The summed E-state index contributed by atoms with van der Waals surface area (Å²) in [5, 5.41) is 5.86. The SMILES string of the molecule is CCC=CCC=CCC=CCC=CCC=CCC=CCCC(=O)NC(CNC(=O)C(C)(C)Oc1ccc(Cl)cc1)C(=O)OC. The van der Waals surface area contributed by atoms with E-state index < -0.39 is 23.5 Å². The summed E-state index contributed by atoms with van der Waals surface area (Å²) in [7, 11) is 1.23. The van der Waals surface area contributed by atoms with Crippen molar-refractivity contribution >= 4 is 29.4 Å². The van der Waals surface area contributed by atoms with Crippen LogP contribution < -0.4 is 15.4 Å². The number of carbonyl (C=O) groups excluding carboxylic acids is 3.